The molecule has 0 fully saturated rings. The highest BCUT2D eigenvalue weighted by Crippen LogP contribution is 2.38. The summed E-state index contributed by atoms with van der Waals surface area (Å²) in [4.78, 5) is 4.53. The van der Waals surface area contributed by atoms with Gasteiger partial charge < -0.3 is 4.42 Å². The molecule has 0 radical (unpaired) electrons. The monoisotopic (exact) mass is 377 g/mol. The molecule has 134 valence electrons. The van der Waals surface area contributed by atoms with Crippen molar-refractivity contribution in [3.8, 4) is 22.4 Å². The van der Waals surface area contributed by atoms with Crippen molar-refractivity contribution in [1.82, 2.24) is 4.98 Å². The average molecular weight is 378 g/mol. The van der Waals surface area contributed by atoms with E-state index in [-0.39, 0.29) is 0 Å². The van der Waals surface area contributed by atoms with Crippen LogP contribution in [0.1, 0.15) is 0 Å². The maximum atomic E-state index is 6.44. The van der Waals surface area contributed by atoms with E-state index >= 15 is 0 Å². The maximum absolute atomic E-state index is 6.44. The van der Waals surface area contributed by atoms with Crippen molar-refractivity contribution in [3.05, 3.63) is 79.0 Å². The zero-order valence-electron chi connectivity index (χ0n) is 15.9. The maximum Gasteiger partial charge on any atom is 0.144 e. The Labute approximate surface area is 164 Å². The number of fused-ring (bicyclic) bond motifs is 6. The van der Waals surface area contributed by atoms with Gasteiger partial charge in [0, 0.05) is 22.5 Å². The van der Waals surface area contributed by atoms with Crippen LogP contribution in [0.25, 0.3) is 44.3 Å². The fourth-order valence-electron chi connectivity index (χ4n) is 4.72. The van der Waals surface area contributed by atoms with Crippen molar-refractivity contribution < 1.29 is 4.42 Å². The summed E-state index contributed by atoms with van der Waals surface area (Å²) in [7, 11) is -1.70. The van der Waals surface area contributed by atoms with E-state index in [2.05, 4.69) is 72.7 Å². The largest absolute Gasteiger partial charge is 0.455 e. The third-order valence-electron chi connectivity index (χ3n) is 6.14. The number of hydrogen-bond donors (Lipinski definition) is 0. The van der Waals surface area contributed by atoms with Crippen molar-refractivity contribution in [2.75, 3.05) is 0 Å². The average Bonchev–Trinajstić information content (AvgIpc) is 3.21. The molecule has 28 heavy (non-hydrogen) atoms. The SMILES string of the molecule is C[Si]1(C)c2ccccc2-c2cc3c(cc21)oc1c(-c2ccccn2)cccc13. The predicted molar refractivity (Wildman–Crippen MR) is 119 cm³/mol. The molecule has 5 aromatic rings. The zero-order chi connectivity index (χ0) is 18.9. The smallest absolute Gasteiger partial charge is 0.144 e. The molecule has 2 aromatic heterocycles. The van der Waals surface area contributed by atoms with E-state index in [0.717, 1.165) is 27.8 Å². The highest BCUT2D eigenvalue weighted by Gasteiger charge is 2.37. The molecule has 6 rings (SSSR count). The normalized spacial score (nSPS) is 14.4. The van der Waals surface area contributed by atoms with Gasteiger partial charge in [0.1, 0.15) is 19.2 Å². The molecule has 0 saturated carbocycles. The van der Waals surface area contributed by atoms with Crippen LogP contribution in [0.4, 0.5) is 0 Å². The van der Waals surface area contributed by atoms with E-state index < -0.39 is 8.07 Å². The third kappa shape index (κ3) is 2.00. The molecule has 0 aliphatic carbocycles. The Morgan fingerprint density at radius 1 is 0.714 bits per heavy atom. The Hall–Kier alpha value is -3.17. The second kappa shape index (κ2) is 5.43. The second-order valence-corrected chi connectivity index (χ2v) is 12.4. The Kier molecular flexibility index (Phi) is 3.07. The number of pyridine rings is 1. The van der Waals surface area contributed by atoms with Gasteiger partial charge in [-0.2, -0.15) is 0 Å². The van der Waals surface area contributed by atoms with Crippen LogP contribution in [0, 0.1) is 0 Å². The van der Waals surface area contributed by atoms with Crippen molar-refractivity contribution in [2.45, 2.75) is 13.1 Å². The first-order valence-electron chi connectivity index (χ1n) is 9.65. The number of hydrogen-bond acceptors (Lipinski definition) is 2. The lowest BCUT2D eigenvalue weighted by molar-refractivity contribution is 0.670. The van der Waals surface area contributed by atoms with Gasteiger partial charge in [-0.1, -0.05) is 55.6 Å². The summed E-state index contributed by atoms with van der Waals surface area (Å²) in [5.41, 5.74) is 6.67. The molecule has 0 amide bonds. The fraction of sp³-hybridized carbons (Fsp3) is 0.0800. The van der Waals surface area contributed by atoms with Crippen LogP contribution in [-0.2, 0) is 0 Å². The minimum atomic E-state index is -1.70. The summed E-state index contributed by atoms with van der Waals surface area (Å²) in [6, 6.07) is 25.9. The topological polar surface area (TPSA) is 26.0 Å². The summed E-state index contributed by atoms with van der Waals surface area (Å²) in [6.45, 7) is 4.87. The summed E-state index contributed by atoms with van der Waals surface area (Å²) in [5.74, 6) is 0. The summed E-state index contributed by atoms with van der Waals surface area (Å²) >= 11 is 0. The molecule has 0 bridgehead atoms. The van der Waals surface area contributed by atoms with Crippen LogP contribution in [0.3, 0.4) is 0 Å². The van der Waals surface area contributed by atoms with Gasteiger partial charge in [0.05, 0.1) is 5.69 Å². The molecule has 0 N–H and O–H groups in total. The van der Waals surface area contributed by atoms with Gasteiger partial charge in [-0.3, -0.25) is 4.98 Å². The minimum Gasteiger partial charge on any atom is -0.455 e. The number of benzene rings is 3. The van der Waals surface area contributed by atoms with Crippen LogP contribution in [-0.4, -0.2) is 13.1 Å². The molecule has 1 aliphatic rings. The van der Waals surface area contributed by atoms with Gasteiger partial charge in [-0.25, -0.2) is 0 Å². The van der Waals surface area contributed by atoms with E-state index in [1.54, 1.807) is 0 Å². The van der Waals surface area contributed by atoms with E-state index in [9.17, 15) is 0 Å². The standard InChI is InChI=1S/C25H19NOSi/c1-28(2)23-12-4-3-8-16(23)20-14-19-17-9-7-10-18(21-11-5-6-13-26-21)25(17)27-22(19)15-24(20)28/h3-15H,1-2H3. The summed E-state index contributed by atoms with van der Waals surface area (Å²) < 4.78 is 6.44. The first-order chi connectivity index (χ1) is 13.6. The van der Waals surface area contributed by atoms with Crippen molar-refractivity contribution in [1.29, 1.82) is 0 Å². The van der Waals surface area contributed by atoms with Gasteiger partial charge in [0.25, 0.3) is 0 Å². The number of rotatable bonds is 1. The van der Waals surface area contributed by atoms with Crippen molar-refractivity contribution in [3.63, 3.8) is 0 Å². The Bertz CT molecular complexity index is 1380. The van der Waals surface area contributed by atoms with Crippen LogP contribution < -0.4 is 10.4 Å². The van der Waals surface area contributed by atoms with Gasteiger partial charge in [-0.15, -0.1) is 0 Å². The number of furan rings is 1. The van der Waals surface area contributed by atoms with Crippen LogP contribution in [0.15, 0.2) is 83.4 Å². The first kappa shape index (κ1) is 15.8. The lowest BCUT2D eigenvalue weighted by Gasteiger charge is -2.18. The molecule has 3 heterocycles. The first-order valence-corrected chi connectivity index (χ1v) is 12.7. The van der Waals surface area contributed by atoms with E-state index in [4.69, 9.17) is 4.42 Å². The van der Waals surface area contributed by atoms with E-state index in [1.165, 1.54) is 26.9 Å². The quantitative estimate of drug-likeness (QED) is 0.363. The molecule has 0 atom stereocenters. The Morgan fingerprint density at radius 2 is 1.54 bits per heavy atom. The number of para-hydroxylation sites is 1. The van der Waals surface area contributed by atoms with E-state index in [1.807, 2.05) is 24.4 Å². The Morgan fingerprint density at radius 3 is 2.39 bits per heavy atom. The molecule has 3 aromatic carbocycles. The summed E-state index contributed by atoms with van der Waals surface area (Å²) in [5, 5.41) is 5.34. The number of aromatic nitrogens is 1. The van der Waals surface area contributed by atoms with Crippen LogP contribution in [0.5, 0.6) is 0 Å². The number of nitrogens with zero attached hydrogens (tertiary/aromatic N) is 1. The predicted octanol–water partition coefficient (Wildman–Crippen LogP) is 5.45. The molecular formula is C25H19NOSi. The zero-order valence-corrected chi connectivity index (χ0v) is 16.9. The molecule has 1 aliphatic heterocycles. The third-order valence-corrected chi connectivity index (χ3v) is 9.68. The Balaban J connectivity index is 1.69. The van der Waals surface area contributed by atoms with Gasteiger partial charge in [0.2, 0.25) is 0 Å². The molecule has 2 nitrogen and oxygen atoms in total. The molecule has 0 unspecified atom stereocenters. The van der Waals surface area contributed by atoms with Crippen LogP contribution in [0.2, 0.25) is 13.1 Å². The van der Waals surface area contributed by atoms with Gasteiger partial charge in [-0.05, 0) is 51.8 Å². The molecule has 3 heteroatoms. The minimum absolute atomic E-state index is 0.924. The summed E-state index contributed by atoms with van der Waals surface area (Å²) in [6.07, 6.45) is 1.83. The second-order valence-electron chi connectivity index (χ2n) is 8.06. The molecular weight excluding hydrogens is 358 g/mol. The molecule has 0 saturated heterocycles. The van der Waals surface area contributed by atoms with Crippen molar-refractivity contribution in [2.24, 2.45) is 0 Å². The fourth-order valence-corrected chi connectivity index (χ4v) is 7.78. The van der Waals surface area contributed by atoms with E-state index in [0.29, 0.717) is 0 Å². The van der Waals surface area contributed by atoms with Gasteiger partial charge in [0.15, 0.2) is 0 Å². The lowest BCUT2D eigenvalue weighted by Crippen LogP contribution is -2.49. The lowest BCUT2D eigenvalue weighted by atomic mass is 10.0. The van der Waals surface area contributed by atoms with Crippen LogP contribution >= 0.6 is 0 Å². The molecule has 0 spiro atoms. The van der Waals surface area contributed by atoms with Gasteiger partial charge >= 0.3 is 0 Å². The highest BCUT2D eigenvalue weighted by molar-refractivity contribution is 7.03. The highest BCUT2D eigenvalue weighted by atomic mass is 28.3. The van der Waals surface area contributed by atoms with Crippen molar-refractivity contribution >= 4 is 40.4 Å².